The Kier molecular flexibility index (Phi) is 4.38. The van der Waals surface area contributed by atoms with Gasteiger partial charge in [-0.15, -0.1) is 11.8 Å². The highest BCUT2D eigenvalue weighted by molar-refractivity contribution is 8.00. The Balaban J connectivity index is 2.03. The van der Waals surface area contributed by atoms with Gasteiger partial charge in [0.1, 0.15) is 5.82 Å². The van der Waals surface area contributed by atoms with Crippen LogP contribution in [0.4, 0.5) is 4.39 Å². The monoisotopic (exact) mass is 274 g/mol. The molecule has 0 heterocycles. The van der Waals surface area contributed by atoms with E-state index in [0.29, 0.717) is 5.75 Å². The first-order chi connectivity index (χ1) is 9.04. The van der Waals surface area contributed by atoms with Gasteiger partial charge < -0.3 is 0 Å². The van der Waals surface area contributed by atoms with Crippen molar-refractivity contribution < 1.29 is 9.18 Å². The maximum atomic E-state index is 12.8. The molecule has 0 unspecified atom stereocenters. The van der Waals surface area contributed by atoms with Gasteiger partial charge in [-0.05, 0) is 50.2 Å². The van der Waals surface area contributed by atoms with Crippen molar-refractivity contribution in [3.8, 4) is 0 Å². The molecule has 0 aliphatic heterocycles. The minimum absolute atomic E-state index is 0.0983. The van der Waals surface area contributed by atoms with Crippen LogP contribution < -0.4 is 0 Å². The van der Waals surface area contributed by atoms with Gasteiger partial charge in [-0.3, -0.25) is 4.79 Å². The van der Waals surface area contributed by atoms with Crippen LogP contribution in [0.5, 0.6) is 0 Å². The molecule has 19 heavy (non-hydrogen) atoms. The van der Waals surface area contributed by atoms with Crippen LogP contribution in [0.25, 0.3) is 0 Å². The lowest BCUT2D eigenvalue weighted by Crippen LogP contribution is -2.03. The smallest absolute Gasteiger partial charge is 0.173 e. The molecule has 0 radical (unpaired) electrons. The summed E-state index contributed by atoms with van der Waals surface area (Å²) in [6, 6.07) is 12.0. The Morgan fingerprint density at radius 2 is 1.63 bits per heavy atom. The number of hydrogen-bond acceptors (Lipinski definition) is 2. The molecule has 0 saturated carbocycles. The summed E-state index contributed by atoms with van der Waals surface area (Å²) >= 11 is 1.43. The fraction of sp³-hybridized carbons (Fsp3) is 0.188. The van der Waals surface area contributed by atoms with Crippen molar-refractivity contribution in [2.75, 3.05) is 5.75 Å². The molecule has 2 aromatic carbocycles. The molecule has 2 aromatic rings. The van der Waals surface area contributed by atoms with Gasteiger partial charge in [-0.1, -0.05) is 17.2 Å². The summed E-state index contributed by atoms with van der Waals surface area (Å²) in [4.78, 5) is 13.0. The number of carbonyl (C=O) groups excluding carboxylic acids is 1. The second-order valence-electron chi connectivity index (χ2n) is 4.54. The van der Waals surface area contributed by atoms with Crippen LogP contribution in [0.1, 0.15) is 21.5 Å². The van der Waals surface area contributed by atoms with Crippen LogP contribution in [-0.4, -0.2) is 11.5 Å². The Morgan fingerprint density at radius 1 is 1.05 bits per heavy atom. The zero-order chi connectivity index (χ0) is 13.8. The molecule has 0 bridgehead atoms. The summed E-state index contributed by atoms with van der Waals surface area (Å²) in [5.41, 5.74) is 2.93. The van der Waals surface area contributed by atoms with Gasteiger partial charge >= 0.3 is 0 Å². The lowest BCUT2D eigenvalue weighted by molar-refractivity contribution is 0.102. The fourth-order valence-electron chi connectivity index (χ4n) is 1.90. The molecule has 0 aliphatic carbocycles. The highest BCUT2D eigenvalue weighted by Crippen LogP contribution is 2.20. The third kappa shape index (κ3) is 3.93. The summed E-state index contributed by atoms with van der Waals surface area (Å²) in [5, 5.41) is 0. The number of ketones is 1. The summed E-state index contributed by atoms with van der Waals surface area (Å²) in [5.74, 6) is 0.209. The van der Waals surface area contributed by atoms with E-state index >= 15 is 0 Å². The molecule has 98 valence electrons. The van der Waals surface area contributed by atoms with Gasteiger partial charge in [-0.25, -0.2) is 4.39 Å². The van der Waals surface area contributed by atoms with E-state index in [0.717, 1.165) is 21.6 Å². The first-order valence-corrected chi connectivity index (χ1v) is 7.03. The molecule has 0 atom stereocenters. The van der Waals surface area contributed by atoms with Gasteiger partial charge in [-0.2, -0.15) is 0 Å². The Labute approximate surface area is 116 Å². The van der Waals surface area contributed by atoms with Crippen molar-refractivity contribution in [3.05, 3.63) is 65.0 Å². The number of halogens is 1. The summed E-state index contributed by atoms with van der Waals surface area (Å²) < 4.78 is 12.8. The Bertz CT molecular complexity index is 570. The zero-order valence-corrected chi connectivity index (χ0v) is 11.8. The number of hydrogen-bond donors (Lipinski definition) is 0. The molecule has 0 amide bonds. The first kappa shape index (κ1) is 13.8. The molecule has 0 fully saturated rings. The van der Waals surface area contributed by atoms with Crippen LogP contribution in [0.15, 0.2) is 47.4 Å². The maximum Gasteiger partial charge on any atom is 0.173 e. The minimum atomic E-state index is -0.259. The van der Waals surface area contributed by atoms with E-state index in [4.69, 9.17) is 0 Å². The molecule has 0 N–H and O–H groups in total. The zero-order valence-electron chi connectivity index (χ0n) is 10.9. The van der Waals surface area contributed by atoms with E-state index in [1.165, 1.54) is 23.9 Å². The molecule has 0 saturated heterocycles. The predicted molar refractivity (Wildman–Crippen MR) is 77.4 cm³/mol. The Hall–Kier alpha value is -1.61. The van der Waals surface area contributed by atoms with Crippen molar-refractivity contribution in [2.45, 2.75) is 18.7 Å². The highest BCUT2D eigenvalue weighted by Gasteiger charge is 2.07. The number of thioether (sulfide) groups is 1. The van der Waals surface area contributed by atoms with Crippen molar-refractivity contribution in [1.29, 1.82) is 0 Å². The standard InChI is InChI=1S/C16H15FOS/c1-11-7-12(2)9-13(8-11)16(18)10-19-15-5-3-14(17)4-6-15/h3-9H,10H2,1-2H3. The van der Waals surface area contributed by atoms with E-state index in [1.54, 1.807) is 12.1 Å². The SMILES string of the molecule is Cc1cc(C)cc(C(=O)CSc2ccc(F)cc2)c1. The number of carbonyl (C=O) groups is 1. The van der Waals surface area contributed by atoms with Gasteiger partial charge in [0.2, 0.25) is 0 Å². The number of aryl methyl sites for hydroxylation is 2. The summed E-state index contributed by atoms with van der Waals surface area (Å²) in [7, 11) is 0. The second kappa shape index (κ2) is 6.02. The van der Waals surface area contributed by atoms with Crippen LogP contribution in [0.3, 0.4) is 0 Å². The summed E-state index contributed by atoms with van der Waals surface area (Å²) in [6.07, 6.45) is 0. The number of rotatable bonds is 4. The van der Waals surface area contributed by atoms with E-state index in [1.807, 2.05) is 32.0 Å². The minimum Gasteiger partial charge on any atom is -0.293 e. The normalized spacial score (nSPS) is 10.5. The van der Waals surface area contributed by atoms with Gasteiger partial charge in [0.15, 0.2) is 5.78 Å². The van der Waals surface area contributed by atoms with E-state index < -0.39 is 0 Å². The predicted octanol–water partition coefficient (Wildman–Crippen LogP) is 4.42. The second-order valence-corrected chi connectivity index (χ2v) is 5.59. The van der Waals surface area contributed by atoms with E-state index in [-0.39, 0.29) is 11.6 Å². The molecule has 0 aromatic heterocycles. The fourth-order valence-corrected chi connectivity index (χ4v) is 2.69. The third-order valence-electron chi connectivity index (χ3n) is 2.73. The van der Waals surface area contributed by atoms with E-state index in [9.17, 15) is 9.18 Å². The quantitative estimate of drug-likeness (QED) is 0.606. The molecule has 0 aliphatic rings. The average molecular weight is 274 g/mol. The maximum absolute atomic E-state index is 12.8. The summed E-state index contributed by atoms with van der Waals surface area (Å²) in [6.45, 7) is 3.97. The lowest BCUT2D eigenvalue weighted by Gasteiger charge is -2.04. The Morgan fingerprint density at radius 3 is 2.21 bits per heavy atom. The van der Waals surface area contributed by atoms with Crippen LogP contribution in [0, 0.1) is 19.7 Å². The van der Waals surface area contributed by atoms with Gasteiger partial charge in [0.05, 0.1) is 5.75 Å². The largest absolute Gasteiger partial charge is 0.293 e. The van der Waals surface area contributed by atoms with Crippen molar-refractivity contribution in [2.24, 2.45) is 0 Å². The van der Waals surface area contributed by atoms with Gasteiger partial charge in [0.25, 0.3) is 0 Å². The molecule has 2 rings (SSSR count). The topological polar surface area (TPSA) is 17.1 Å². The molecular weight excluding hydrogens is 259 g/mol. The molecular formula is C16H15FOS. The molecule has 1 nitrogen and oxygen atoms in total. The molecule has 0 spiro atoms. The first-order valence-electron chi connectivity index (χ1n) is 6.04. The van der Waals surface area contributed by atoms with Crippen LogP contribution in [-0.2, 0) is 0 Å². The van der Waals surface area contributed by atoms with Crippen LogP contribution >= 0.6 is 11.8 Å². The highest BCUT2D eigenvalue weighted by atomic mass is 32.2. The van der Waals surface area contributed by atoms with Crippen LogP contribution in [0.2, 0.25) is 0 Å². The van der Waals surface area contributed by atoms with Gasteiger partial charge in [0, 0.05) is 10.5 Å². The molecule has 3 heteroatoms. The van der Waals surface area contributed by atoms with E-state index in [2.05, 4.69) is 0 Å². The number of Topliss-reactive ketones (excluding diaryl/α,β-unsaturated/α-hetero) is 1. The van der Waals surface area contributed by atoms with Crippen molar-refractivity contribution in [1.82, 2.24) is 0 Å². The lowest BCUT2D eigenvalue weighted by atomic mass is 10.1. The van der Waals surface area contributed by atoms with Crippen molar-refractivity contribution >= 4 is 17.5 Å². The van der Waals surface area contributed by atoms with Crippen molar-refractivity contribution in [3.63, 3.8) is 0 Å². The third-order valence-corrected chi connectivity index (χ3v) is 3.74. The average Bonchev–Trinajstić information content (AvgIpc) is 2.36. The number of benzene rings is 2.